The minimum absolute atomic E-state index is 0.253. The first-order valence-corrected chi connectivity index (χ1v) is 8.55. The Morgan fingerprint density at radius 2 is 1.70 bits per heavy atom. The summed E-state index contributed by atoms with van der Waals surface area (Å²) < 4.78 is 3.03. The molecule has 2 aromatic carbocycles. The van der Waals surface area contributed by atoms with E-state index < -0.39 is 0 Å². The molecule has 0 radical (unpaired) electrons. The molecule has 0 saturated heterocycles. The lowest BCUT2D eigenvalue weighted by molar-refractivity contribution is 0.102. The molecule has 0 bridgehead atoms. The molecule has 1 N–H and O–H groups in total. The predicted molar refractivity (Wildman–Crippen MR) is 105 cm³/mol. The Hall–Kier alpha value is -3.67. The third-order valence-corrected chi connectivity index (χ3v) is 4.35. The molecule has 27 heavy (non-hydrogen) atoms. The van der Waals surface area contributed by atoms with Gasteiger partial charge in [0, 0.05) is 25.1 Å². The molecule has 2 aliphatic rings. The summed E-state index contributed by atoms with van der Waals surface area (Å²) in [7, 11) is 1.78. The zero-order valence-electron chi connectivity index (χ0n) is 15.0. The fraction of sp³-hybridized carbons (Fsp3) is 0.0952. The second-order valence-electron chi connectivity index (χ2n) is 6.47. The summed E-state index contributed by atoms with van der Waals surface area (Å²) in [6, 6.07) is 16.7. The lowest BCUT2D eigenvalue weighted by Crippen LogP contribution is -2.17. The lowest BCUT2D eigenvalue weighted by atomic mass is 10.1. The van der Waals surface area contributed by atoms with Gasteiger partial charge in [0.25, 0.3) is 11.5 Å². The van der Waals surface area contributed by atoms with Gasteiger partial charge < -0.3 is 9.88 Å². The summed E-state index contributed by atoms with van der Waals surface area (Å²) in [6.45, 7) is 1.98. The molecular weight excluding hydrogens is 340 g/mol. The van der Waals surface area contributed by atoms with Gasteiger partial charge in [0.2, 0.25) is 0 Å². The van der Waals surface area contributed by atoms with E-state index in [4.69, 9.17) is 0 Å². The van der Waals surface area contributed by atoms with Crippen molar-refractivity contribution in [3.05, 3.63) is 88.5 Å². The van der Waals surface area contributed by atoms with Crippen molar-refractivity contribution < 1.29 is 4.79 Å². The van der Waals surface area contributed by atoms with Crippen LogP contribution in [0.3, 0.4) is 0 Å². The Labute approximate surface area is 156 Å². The highest BCUT2D eigenvalue weighted by molar-refractivity contribution is 6.08. The van der Waals surface area contributed by atoms with Crippen molar-refractivity contribution >= 4 is 11.6 Å². The zero-order valence-corrected chi connectivity index (χ0v) is 15.0. The first-order chi connectivity index (χ1) is 13.0. The number of fused-ring (bicyclic) bond motifs is 1. The van der Waals surface area contributed by atoms with Crippen LogP contribution in [0.2, 0.25) is 0 Å². The molecule has 2 aliphatic heterocycles. The SMILES string of the molecule is Cc1ccc(NC(=O)c2cn(C)cc3c(=O)n(-c4ccccc4)nc2-3)cc1. The van der Waals surface area contributed by atoms with E-state index >= 15 is 0 Å². The molecule has 4 rings (SSSR count). The Morgan fingerprint density at radius 3 is 2.41 bits per heavy atom. The molecular formula is C21H18N4O2. The third kappa shape index (κ3) is 3.13. The van der Waals surface area contributed by atoms with E-state index in [1.165, 1.54) is 4.68 Å². The summed E-state index contributed by atoms with van der Waals surface area (Å²) in [5.74, 6) is -0.308. The fourth-order valence-corrected chi connectivity index (χ4v) is 2.98. The minimum atomic E-state index is -0.308. The molecule has 0 spiro atoms. The van der Waals surface area contributed by atoms with Crippen molar-refractivity contribution in [1.29, 1.82) is 0 Å². The standard InChI is InChI=1S/C21H18N4O2/c1-14-8-10-15(11-9-14)22-20(26)17-12-24(2)13-18-19(17)23-25(21(18)27)16-6-4-3-5-7-16/h3-13H,1-2H3,(H,22,26). The number of para-hydroxylation sites is 1. The van der Waals surface area contributed by atoms with E-state index in [0.29, 0.717) is 28.2 Å². The highest BCUT2D eigenvalue weighted by Crippen LogP contribution is 2.23. The van der Waals surface area contributed by atoms with Gasteiger partial charge in [-0.05, 0) is 31.2 Å². The number of aromatic nitrogens is 3. The van der Waals surface area contributed by atoms with E-state index in [1.54, 1.807) is 36.1 Å². The molecule has 134 valence electrons. The minimum Gasteiger partial charge on any atom is -0.356 e. The second kappa shape index (κ2) is 6.57. The van der Waals surface area contributed by atoms with Crippen molar-refractivity contribution in [3.8, 4) is 16.9 Å². The number of pyridine rings is 1. The van der Waals surface area contributed by atoms with Gasteiger partial charge in [-0.25, -0.2) is 0 Å². The second-order valence-corrected chi connectivity index (χ2v) is 6.47. The molecule has 0 aliphatic carbocycles. The van der Waals surface area contributed by atoms with Crippen molar-refractivity contribution in [3.63, 3.8) is 0 Å². The molecule has 2 heterocycles. The molecule has 0 fully saturated rings. The Kier molecular flexibility index (Phi) is 4.08. The zero-order chi connectivity index (χ0) is 19.0. The van der Waals surface area contributed by atoms with E-state index in [0.717, 1.165) is 5.56 Å². The van der Waals surface area contributed by atoms with Crippen molar-refractivity contribution in [1.82, 2.24) is 14.3 Å². The average Bonchev–Trinajstić information content (AvgIpc) is 3.00. The van der Waals surface area contributed by atoms with E-state index in [9.17, 15) is 9.59 Å². The van der Waals surface area contributed by atoms with Crippen LogP contribution in [-0.2, 0) is 7.05 Å². The lowest BCUT2D eigenvalue weighted by Gasteiger charge is -2.10. The van der Waals surface area contributed by atoms with Crippen LogP contribution < -0.4 is 10.9 Å². The van der Waals surface area contributed by atoms with Crippen LogP contribution in [0.1, 0.15) is 15.9 Å². The van der Waals surface area contributed by atoms with Gasteiger partial charge >= 0.3 is 0 Å². The van der Waals surface area contributed by atoms with Gasteiger partial charge in [-0.2, -0.15) is 9.78 Å². The Bertz CT molecular complexity index is 1140. The number of nitrogens with zero attached hydrogens (tertiary/aromatic N) is 3. The number of nitrogens with one attached hydrogen (secondary N) is 1. The number of carbonyl (C=O) groups excluding carboxylic acids is 1. The number of carbonyl (C=O) groups is 1. The van der Waals surface area contributed by atoms with Crippen LogP contribution in [0, 0.1) is 6.92 Å². The largest absolute Gasteiger partial charge is 0.356 e. The van der Waals surface area contributed by atoms with Gasteiger partial charge in [0.05, 0.1) is 16.8 Å². The first-order valence-electron chi connectivity index (χ1n) is 8.55. The summed E-state index contributed by atoms with van der Waals surface area (Å²) in [5.41, 5.74) is 3.34. The molecule has 0 atom stereocenters. The van der Waals surface area contributed by atoms with Crippen LogP contribution in [0.5, 0.6) is 0 Å². The van der Waals surface area contributed by atoms with Crippen LogP contribution in [0.15, 0.2) is 71.8 Å². The van der Waals surface area contributed by atoms with Crippen LogP contribution >= 0.6 is 0 Å². The quantitative estimate of drug-likeness (QED) is 0.611. The number of anilines is 1. The number of aryl methyl sites for hydroxylation is 2. The maximum atomic E-state index is 12.8. The average molecular weight is 358 g/mol. The van der Waals surface area contributed by atoms with E-state index in [1.807, 2.05) is 49.4 Å². The molecule has 0 saturated carbocycles. The van der Waals surface area contributed by atoms with Crippen LogP contribution in [0.4, 0.5) is 5.69 Å². The van der Waals surface area contributed by atoms with Crippen molar-refractivity contribution in [2.45, 2.75) is 6.92 Å². The number of rotatable bonds is 3. The van der Waals surface area contributed by atoms with Crippen molar-refractivity contribution in [2.24, 2.45) is 7.05 Å². The Balaban J connectivity index is 1.80. The molecule has 6 heteroatoms. The van der Waals surface area contributed by atoms with E-state index in [-0.39, 0.29) is 11.5 Å². The number of hydrogen-bond donors (Lipinski definition) is 1. The third-order valence-electron chi connectivity index (χ3n) is 4.35. The van der Waals surface area contributed by atoms with Crippen LogP contribution in [-0.4, -0.2) is 20.3 Å². The fourth-order valence-electron chi connectivity index (χ4n) is 2.98. The molecule has 1 amide bonds. The molecule has 0 unspecified atom stereocenters. The monoisotopic (exact) mass is 358 g/mol. The summed E-state index contributed by atoms with van der Waals surface area (Å²) in [5, 5.41) is 7.30. The number of hydrogen-bond acceptors (Lipinski definition) is 3. The van der Waals surface area contributed by atoms with Gasteiger partial charge in [-0.15, -0.1) is 0 Å². The molecule has 2 aromatic rings. The van der Waals surface area contributed by atoms with Gasteiger partial charge in [0.1, 0.15) is 5.69 Å². The van der Waals surface area contributed by atoms with Gasteiger partial charge in [-0.1, -0.05) is 35.9 Å². The Morgan fingerprint density at radius 1 is 1.00 bits per heavy atom. The number of benzene rings is 2. The maximum Gasteiger partial charge on any atom is 0.282 e. The summed E-state index contributed by atoms with van der Waals surface area (Å²) in [4.78, 5) is 25.7. The van der Waals surface area contributed by atoms with Crippen molar-refractivity contribution in [2.75, 3.05) is 5.32 Å². The normalized spacial score (nSPS) is 10.9. The van der Waals surface area contributed by atoms with Crippen LogP contribution in [0.25, 0.3) is 16.9 Å². The highest BCUT2D eigenvalue weighted by atomic mass is 16.2. The summed E-state index contributed by atoms with van der Waals surface area (Å²) in [6.07, 6.45) is 3.36. The first kappa shape index (κ1) is 16.8. The maximum absolute atomic E-state index is 12.8. The highest BCUT2D eigenvalue weighted by Gasteiger charge is 2.24. The van der Waals surface area contributed by atoms with Gasteiger partial charge in [0.15, 0.2) is 0 Å². The molecule has 0 aromatic heterocycles. The smallest absolute Gasteiger partial charge is 0.282 e. The topological polar surface area (TPSA) is 68.9 Å². The summed E-state index contributed by atoms with van der Waals surface area (Å²) >= 11 is 0. The number of amides is 1. The van der Waals surface area contributed by atoms with E-state index in [2.05, 4.69) is 10.4 Å². The predicted octanol–water partition coefficient (Wildman–Crippen LogP) is 3.24. The molecule has 6 nitrogen and oxygen atoms in total. The van der Waals surface area contributed by atoms with Gasteiger partial charge in [-0.3, -0.25) is 9.59 Å².